The van der Waals surface area contributed by atoms with E-state index in [1.165, 1.54) is 5.56 Å². The number of hydrogen-bond donors (Lipinski definition) is 2. The molecule has 0 saturated carbocycles. The molecule has 0 radical (unpaired) electrons. The van der Waals surface area contributed by atoms with E-state index in [9.17, 15) is 9.59 Å². The number of hydrogen-bond acceptors (Lipinski definition) is 6. The first-order chi connectivity index (χ1) is 14.0. The second-order valence-corrected chi connectivity index (χ2v) is 7.11. The number of carbonyl (C=O) groups excluding carboxylic acids is 2. The van der Waals surface area contributed by atoms with Crippen molar-refractivity contribution < 1.29 is 14.3 Å². The maximum Gasteiger partial charge on any atom is 0.409 e. The third kappa shape index (κ3) is 5.22. The number of piperidine rings is 1. The topological polar surface area (TPSA) is 96.5 Å². The maximum absolute atomic E-state index is 12.5. The standard InChI is InChI=1S/C21H27N5O3/c1-4-29-21(28)26-12-10-16(11-13-26)22-20(27)18-8-9-19(25-24-18)23-17-7-5-6-14(2)15(17)3/h5-9,16H,4,10-13H2,1-3H3,(H,22,27)(H,23,25). The Morgan fingerprint density at radius 2 is 1.90 bits per heavy atom. The molecule has 8 heteroatoms. The van der Waals surface area contributed by atoms with E-state index < -0.39 is 0 Å². The highest BCUT2D eigenvalue weighted by atomic mass is 16.6. The SMILES string of the molecule is CCOC(=O)N1CCC(NC(=O)c2ccc(Nc3cccc(C)c3C)nn2)CC1. The van der Waals surface area contributed by atoms with E-state index in [4.69, 9.17) is 4.74 Å². The van der Waals surface area contributed by atoms with Gasteiger partial charge in [-0.3, -0.25) is 4.79 Å². The quantitative estimate of drug-likeness (QED) is 0.804. The van der Waals surface area contributed by atoms with Crippen LogP contribution in [0.25, 0.3) is 0 Å². The van der Waals surface area contributed by atoms with E-state index in [0.717, 1.165) is 11.3 Å². The van der Waals surface area contributed by atoms with Crippen LogP contribution >= 0.6 is 0 Å². The third-order valence-electron chi connectivity index (χ3n) is 5.12. The molecule has 1 aromatic carbocycles. The van der Waals surface area contributed by atoms with E-state index in [1.54, 1.807) is 24.0 Å². The number of aromatic nitrogens is 2. The van der Waals surface area contributed by atoms with Crippen molar-refractivity contribution >= 4 is 23.5 Å². The van der Waals surface area contributed by atoms with Gasteiger partial charge in [0, 0.05) is 24.8 Å². The van der Waals surface area contributed by atoms with Crippen molar-refractivity contribution in [2.45, 2.75) is 39.7 Å². The Balaban J connectivity index is 1.53. The van der Waals surface area contributed by atoms with Crippen molar-refractivity contribution in [1.29, 1.82) is 0 Å². The molecule has 2 N–H and O–H groups in total. The summed E-state index contributed by atoms with van der Waals surface area (Å²) in [6.07, 6.45) is 1.07. The minimum Gasteiger partial charge on any atom is -0.450 e. The Kier molecular flexibility index (Phi) is 6.64. The minimum atomic E-state index is -0.296. The highest BCUT2D eigenvalue weighted by molar-refractivity contribution is 5.92. The molecule has 1 fully saturated rings. The van der Waals surface area contributed by atoms with Gasteiger partial charge < -0.3 is 20.3 Å². The molecule has 1 aliphatic rings. The smallest absolute Gasteiger partial charge is 0.409 e. The number of nitrogens with zero attached hydrogens (tertiary/aromatic N) is 3. The third-order valence-corrected chi connectivity index (χ3v) is 5.12. The molecule has 0 atom stereocenters. The summed E-state index contributed by atoms with van der Waals surface area (Å²) in [5, 5.41) is 14.4. The molecule has 0 aliphatic carbocycles. The van der Waals surface area contributed by atoms with Gasteiger partial charge in [-0.2, -0.15) is 0 Å². The van der Waals surface area contributed by atoms with Crippen molar-refractivity contribution in [1.82, 2.24) is 20.4 Å². The number of nitrogens with one attached hydrogen (secondary N) is 2. The van der Waals surface area contributed by atoms with Crippen LogP contribution in [0.5, 0.6) is 0 Å². The fourth-order valence-corrected chi connectivity index (χ4v) is 3.23. The van der Waals surface area contributed by atoms with Crippen LogP contribution in [-0.2, 0) is 4.74 Å². The molecule has 0 bridgehead atoms. The van der Waals surface area contributed by atoms with Gasteiger partial charge in [0.1, 0.15) is 0 Å². The lowest BCUT2D eigenvalue weighted by atomic mass is 10.1. The summed E-state index contributed by atoms with van der Waals surface area (Å²) in [5.41, 5.74) is 3.56. The summed E-state index contributed by atoms with van der Waals surface area (Å²) < 4.78 is 5.01. The number of benzene rings is 1. The number of rotatable bonds is 5. The summed E-state index contributed by atoms with van der Waals surface area (Å²) in [6, 6.07) is 9.41. The highest BCUT2D eigenvalue weighted by Gasteiger charge is 2.25. The van der Waals surface area contributed by atoms with Gasteiger partial charge in [-0.05, 0) is 62.9 Å². The molecular weight excluding hydrogens is 370 g/mol. The predicted molar refractivity (Wildman–Crippen MR) is 110 cm³/mol. The average molecular weight is 397 g/mol. The van der Waals surface area contributed by atoms with Gasteiger partial charge in [0.2, 0.25) is 0 Å². The second-order valence-electron chi connectivity index (χ2n) is 7.11. The van der Waals surface area contributed by atoms with Crippen LogP contribution in [0.3, 0.4) is 0 Å². The summed E-state index contributed by atoms with van der Waals surface area (Å²) in [4.78, 5) is 25.9. The molecule has 1 aliphatic heterocycles. The van der Waals surface area contributed by atoms with Crippen molar-refractivity contribution in [2.24, 2.45) is 0 Å². The zero-order chi connectivity index (χ0) is 20.8. The van der Waals surface area contributed by atoms with Crippen LogP contribution in [0.4, 0.5) is 16.3 Å². The fourth-order valence-electron chi connectivity index (χ4n) is 3.23. The van der Waals surface area contributed by atoms with E-state index >= 15 is 0 Å². The molecule has 29 heavy (non-hydrogen) atoms. The van der Waals surface area contributed by atoms with E-state index in [0.29, 0.717) is 38.4 Å². The average Bonchev–Trinajstić information content (AvgIpc) is 2.72. The van der Waals surface area contributed by atoms with Crippen molar-refractivity contribution in [2.75, 3.05) is 25.0 Å². The second kappa shape index (κ2) is 9.36. The van der Waals surface area contributed by atoms with Crippen LogP contribution in [0.15, 0.2) is 30.3 Å². The van der Waals surface area contributed by atoms with Gasteiger partial charge in [-0.25, -0.2) is 4.79 Å². The first-order valence-electron chi connectivity index (χ1n) is 9.87. The molecule has 0 unspecified atom stereocenters. The van der Waals surface area contributed by atoms with Gasteiger partial charge >= 0.3 is 6.09 Å². The van der Waals surface area contributed by atoms with Crippen LogP contribution in [-0.4, -0.2) is 52.8 Å². The molecule has 154 valence electrons. The molecule has 8 nitrogen and oxygen atoms in total. The zero-order valence-electron chi connectivity index (χ0n) is 17.1. The maximum atomic E-state index is 12.5. The number of amides is 2. The number of ether oxygens (including phenoxy) is 1. The van der Waals surface area contributed by atoms with Gasteiger partial charge in [0.05, 0.1) is 6.61 Å². The number of anilines is 2. The number of carbonyl (C=O) groups is 2. The van der Waals surface area contributed by atoms with Gasteiger partial charge in [0.15, 0.2) is 11.5 Å². The summed E-state index contributed by atoms with van der Waals surface area (Å²) in [7, 11) is 0. The Morgan fingerprint density at radius 3 is 2.55 bits per heavy atom. The first-order valence-corrected chi connectivity index (χ1v) is 9.87. The summed E-state index contributed by atoms with van der Waals surface area (Å²) >= 11 is 0. The van der Waals surface area contributed by atoms with E-state index in [1.807, 2.05) is 19.1 Å². The largest absolute Gasteiger partial charge is 0.450 e. The number of likely N-dealkylation sites (tertiary alicyclic amines) is 1. The lowest BCUT2D eigenvalue weighted by Crippen LogP contribution is -2.46. The van der Waals surface area contributed by atoms with Crippen molar-refractivity contribution in [3.05, 3.63) is 47.2 Å². The monoisotopic (exact) mass is 397 g/mol. The van der Waals surface area contributed by atoms with E-state index in [2.05, 4.69) is 33.8 Å². The lowest BCUT2D eigenvalue weighted by Gasteiger charge is -2.31. The molecule has 2 aromatic rings. The lowest BCUT2D eigenvalue weighted by molar-refractivity contribution is 0.0856. The summed E-state index contributed by atoms with van der Waals surface area (Å²) in [6.45, 7) is 7.37. The highest BCUT2D eigenvalue weighted by Crippen LogP contribution is 2.21. The Labute approximate surface area is 170 Å². The Bertz CT molecular complexity index is 861. The molecule has 3 rings (SSSR count). The first kappa shape index (κ1) is 20.6. The number of aryl methyl sites for hydroxylation is 1. The Morgan fingerprint density at radius 1 is 1.14 bits per heavy atom. The van der Waals surface area contributed by atoms with Crippen LogP contribution < -0.4 is 10.6 Å². The summed E-state index contributed by atoms with van der Waals surface area (Å²) in [5.74, 6) is 0.323. The molecule has 1 saturated heterocycles. The normalized spacial score (nSPS) is 14.4. The van der Waals surface area contributed by atoms with Gasteiger partial charge in [-0.1, -0.05) is 12.1 Å². The van der Waals surface area contributed by atoms with Crippen molar-refractivity contribution in [3.8, 4) is 0 Å². The van der Waals surface area contributed by atoms with E-state index in [-0.39, 0.29) is 23.7 Å². The van der Waals surface area contributed by atoms with Gasteiger partial charge in [0.25, 0.3) is 5.91 Å². The van der Waals surface area contributed by atoms with Crippen molar-refractivity contribution in [3.63, 3.8) is 0 Å². The van der Waals surface area contributed by atoms with Gasteiger partial charge in [-0.15, -0.1) is 10.2 Å². The Hall–Kier alpha value is -3.16. The fraction of sp³-hybridized carbons (Fsp3) is 0.429. The molecular formula is C21H27N5O3. The zero-order valence-corrected chi connectivity index (χ0v) is 17.1. The minimum absolute atomic E-state index is 0.00252. The molecule has 1 aromatic heterocycles. The molecule has 2 amide bonds. The molecule has 0 spiro atoms. The van der Waals surface area contributed by atoms with Crippen LogP contribution in [0.1, 0.15) is 41.4 Å². The predicted octanol–water partition coefficient (Wildman–Crippen LogP) is 3.19. The van der Waals surface area contributed by atoms with Crippen LogP contribution in [0, 0.1) is 13.8 Å². The van der Waals surface area contributed by atoms with Crippen LogP contribution in [0.2, 0.25) is 0 Å². The molecule has 2 heterocycles.